The number of methoxy groups -OCH3 is 1. The molecular weight excluding hydrogens is 526 g/mol. The van der Waals surface area contributed by atoms with Crippen LogP contribution >= 0.6 is 0 Å². The molecule has 3 aliphatic rings. The smallest absolute Gasteiger partial charge is 0.410 e. The van der Waals surface area contributed by atoms with Crippen molar-refractivity contribution in [2.45, 2.75) is 83.8 Å². The Labute approximate surface area is 240 Å². The lowest BCUT2D eigenvalue weighted by Gasteiger charge is -2.35. The van der Waals surface area contributed by atoms with Gasteiger partial charge in [-0.25, -0.2) is 4.79 Å². The second kappa shape index (κ2) is 11.1. The third kappa shape index (κ3) is 6.01. The predicted octanol–water partition coefficient (Wildman–Crippen LogP) is 4.15. The first-order chi connectivity index (χ1) is 19.4. The van der Waals surface area contributed by atoms with Crippen molar-refractivity contribution in [1.82, 2.24) is 14.7 Å². The first-order valence-corrected chi connectivity index (χ1v) is 14.0. The lowest BCUT2D eigenvalue weighted by atomic mass is 10.0. The topological polar surface area (TPSA) is 106 Å². The van der Waals surface area contributed by atoms with Gasteiger partial charge in [0.05, 0.1) is 20.2 Å². The van der Waals surface area contributed by atoms with Gasteiger partial charge in [-0.1, -0.05) is 12.1 Å². The minimum absolute atomic E-state index is 0.0257. The molecule has 10 heteroatoms. The fraction of sp³-hybridized carbons (Fsp3) is 0.484. The van der Waals surface area contributed by atoms with Crippen LogP contribution in [0.15, 0.2) is 42.5 Å². The van der Waals surface area contributed by atoms with Crippen LogP contribution in [-0.2, 0) is 27.4 Å². The van der Waals surface area contributed by atoms with Crippen LogP contribution in [-0.4, -0.2) is 76.0 Å². The Morgan fingerprint density at radius 2 is 1.73 bits per heavy atom. The SMILES string of the molecule is COc1ccc(CN2C(=O)CCC(N3Cc4cc(O[C@H]5C[C@@H](C)N(C(=O)OC(C)(C)C)C5)ccc4C3=O)C2=O)cc1. The number of imide groups is 1. The van der Waals surface area contributed by atoms with Gasteiger partial charge in [-0.05, 0) is 75.6 Å². The predicted molar refractivity (Wildman–Crippen MR) is 149 cm³/mol. The van der Waals surface area contributed by atoms with Crippen LogP contribution in [0.4, 0.5) is 4.79 Å². The molecule has 3 aliphatic heterocycles. The van der Waals surface area contributed by atoms with Crippen molar-refractivity contribution in [2.24, 2.45) is 0 Å². The molecular formula is C31H37N3O7. The number of likely N-dealkylation sites (tertiary alicyclic amines) is 2. The number of hydrogen-bond acceptors (Lipinski definition) is 7. The minimum atomic E-state index is -0.715. The molecule has 5 rings (SSSR count). The van der Waals surface area contributed by atoms with Gasteiger partial charge in [0.2, 0.25) is 5.91 Å². The summed E-state index contributed by atoms with van der Waals surface area (Å²) in [5.74, 6) is 0.460. The highest BCUT2D eigenvalue weighted by Gasteiger charge is 2.43. The van der Waals surface area contributed by atoms with E-state index in [-0.39, 0.29) is 55.5 Å². The first kappa shape index (κ1) is 28.4. The summed E-state index contributed by atoms with van der Waals surface area (Å²) in [4.78, 5) is 56.6. The summed E-state index contributed by atoms with van der Waals surface area (Å²) in [6.07, 6.45) is 0.579. The van der Waals surface area contributed by atoms with Crippen molar-refractivity contribution in [3.63, 3.8) is 0 Å². The van der Waals surface area contributed by atoms with E-state index >= 15 is 0 Å². The number of piperidine rings is 1. The molecule has 0 spiro atoms. The van der Waals surface area contributed by atoms with Crippen LogP contribution in [0.5, 0.6) is 11.5 Å². The molecule has 1 unspecified atom stereocenters. The molecule has 0 aromatic heterocycles. The Bertz CT molecular complexity index is 1350. The van der Waals surface area contributed by atoms with E-state index in [9.17, 15) is 19.2 Å². The van der Waals surface area contributed by atoms with Crippen LogP contribution in [0.3, 0.4) is 0 Å². The molecule has 0 aliphatic carbocycles. The molecule has 0 N–H and O–H groups in total. The van der Waals surface area contributed by atoms with Gasteiger partial charge in [0.15, 0.2) is 0 Å². The van der Waals surface area contributed by atoms with E-state index in [2.05, 4.69) is 0 Å². The van der Waals surface area contributed by atoms with Gasteiger partial charge in [-0.15, -0.1) is 0 Å². The van der Waals surface area contributed by atoms with Crippen LogP contribution in [0, 0.1) is 0 Å². The molecule has 2 saturated heterocycles. The van der Waals surface area contributed by atoms with Crippen molar-refractivity contribution in [3.8, 4) is 11.5 Å². The van der Waals surface area contributed by atoms with E-state index < -0.39 is 11.6 Å². The monoisotopic (exact) mass is 563 g/mol. The maximum Gasteiger partial charge on any atom is 0.410 e. The van der Waals surface area contributed by atoms with Crippen LogP contribution < -0.4 is 9.47 Å². The summed E-state index contributed by atoms with van der Waals surface area (Å²) < 4.78 is 16.9. The maximum absolute atomic E-state index is 13.5. The molecule has 41 heavy (non-hydrogen) atoms. The molecule has 4 amide bonds. The van der Waals surface area contributed by atoms with Gasteiger partial charge in [0, 0.05) is 31.0 Å². The first-order valence-electron chi connectivity index (χ1n) is 14.0. The van der Waals surface area contributed by atoms with Crippen molar-refractivity contribution < 1.29 is 33.4 Å². The Morgan fingerprint density at radius 1 is 1.02 bits per heavy atom. The summed E-state index contributed by atoms with van der Waals surface area (Å²) in [5, 5.41) is 0. The van der Waals surface area contributed by atoms with E-state index in [1.807, 2.05) is 45.9 Å². The number of carbonyl (C=O) groups excluding carboxylic acids is 4. The van der Waals surface area contributed by atoms with E-state index in [1.165, 1.54) is 4.90 Å². The second-order valence-electron chi connectivity index (χ2n) is 11.9. The summed E-state index contributed by atoms with van der Waals surface area (Å²) in [5.41, 5.74) is 1.53. The van der Waals surface area contributed by atoms with Crippen LogP contribution in [0.2, 0.25) is 0 Å². The Kier molecular flexibility index (Phi) is 7.68. The summed E-state index contributed by atoms with van der Waals surface area (Å²) in [6.45, 7) is 8.30. The molecule has 218 valence electrons. The molecule has 3 heterocycles. The molecule has 10 nitrogen and oxygen atoms in total. The van der Waals surface area contributed by atoms with E-state index in [0.29, 0.717) is 36.4 Å². The molecule has 3 atom stereocenters. The zero-order valence-electron chi connectivity index (χ0n) is 24.2. The number of amides is 4. The Balaban J connectivity index is 1.24. The fourth-order valence-electron chi connectivity index (χ4n) is 5.67. The lowest BCUT2D eigenvalue weighted by Crippen LogP contribution is -2.54. The molecule has 2 fully saturated rings. The normalized spacial score (nSPS) is 22.7. The number of hydrogen-bond donors (Lipinski definition) is 0. The van der Waals surface area contributed by atoms with Gasteiger partial charge in [-0.3, -0.25) is 19.3 Å². The number of nitrogens with zero attached hydrogens (tertiary/aromatic N) is 3. The van der Waals surface area contributed by atoms with Crippen LogP contribution in [0.1, 0.15) is 68.4 Å². The quantitative estimate of drug-likeness (QED) is 0.487. The summed E-state index contributed by atoms with van der Waals surface area (Å²) in [7, 11) is 1.58. The van der Waals surface area contributed by atoms with Gasteiger partial charge < -0.3 is 24.0 Å². The number of rotatable bonds is 6. The number of benzene rings is 2. The highest BCUT2D eigenvalue weighted by Crippen LogP contribution is 2.33. The van der Waals surface area contributed by atoms with E-state index in [4.69, 9.17) is 14.2 Å². The number of ether oxygens (including phenoxy) is 3. The summed E-state index contributed by atoms with van der Waals surface area (Å²) in [6, 6.07) is 11.8. The van der Waals surface area contributed by atoms with Gasteiger partial charge in [0.25, 0.3) is 11.8 Å². The Hall–Kier alpha value is -4.08. The van der Waals surface area contributed by atoms with Gasteiger partial charge in [-0.2, -0.15) is 0 Å². The third-order valence-corrected chi connectivity index (χ3v) is 7.74. The number of carbonyl (C=O) groups is 4. The average Bonchev–Trinajstić information content (AvgIpc) is 3.44. The summed E-state index contributed by atoms with van der Waals surface area (Å²) >= 11 is 0. The minimum Gasteiger partial charge on any atom is -0.497 e. The largest absolute Gasteiger partial charge is 0.497 e. The highest BCUT2D eigenvalue weighted by molar-refractivity contribution is 6.05. The van der Waals surface area contributed by atoms with Gasteiger partial charge in [0.1, 0.15) is 29.2 Å². The Morgan fingerprint density at radius 3 is 2.41 bits per heavy atom. The molecule has 2 aromatic carbocycles. The third-order valence-electron chi connectivity index (χ3n) is 7.74. The molecule has 0 saturated carbocycles. The lowest BCUT2D eigenvalue weighted by molar-refractivity contribution is -0.153. The molecule has 2 aromatic rings. The van der Waals surface area contributed by atoms with Gasteiger partial charge >= 0.3 is 6.09 Å². The number of fused-ring (bicyclic) bond motifs is 1. The van der Waals surface area contributed by atoms with Crippen molar-refractivity contribution in [2.75, 3.05) is 13.7 Å². The second-order valence-corrected chi connectivity index (χ2v) is 11.9. The zero-order chi connectivity index (χ0) is 29.5. The van der Waals surface area contributed by atoms with Crippen LogP contribution in [0.25, 0.3) is 0 Å². The van der Waals surface area contributed by atoms with E-state index in [0.717, 1.165) is 11.1 Å². The standard InChI is InChI=1S/C31H37N3O7/c1-19-14-24(18-32(19)30(38)41-31(2,3)4)40-23-10-11-25-21(15-23)17-33(28(25)36)26-12-13-27(35)34(29(26)37)16-20-6-8-22(39-5)9-7-20/h6-11,15,19,24,26H,12-14,16-18H2,1-5H3/t19-,24+,26?/m1/s1. The molecule has 0 bridgehead atoms. The van der Waals surface area contributed by atoms with Crippen molar-refractivity contribution in [3.05, 3.63) is 59.2 Å². The zero-order valence-corrected chi connectivity index (χ0v) is 24.2. The molecule has 0 radical (unpaired) electrons. The average molecular weight is 564 g/mol. The van der Waals surface area contributed by atoms with Crippen molar-refractivity contribution in [1.29, 1.82) is 0 Å². The highest BCUT2D eigenvalue weighted by atomic mass is 16.6. The maximum atomic E-state index is 13.5. The fourth-order valence-corrected chi connectivity index (χ4v) is 5.67. The van der Waals surface area contributed by atoms with E-state index in [1.54, 1.807) is 41.2 Å². The van der Waals surface area contributed by atoms with Crippen molar-refractivity contribution >= 4 is 23.8 Å².